The molecule has 0 atom stereocenters. The van der Waals surface area contributed by atoms with E-state index in [1.807, 2.05) is 13.0 Å². The van der Waals surface area contributed by atoms with Gasteiger partial charge in [-0.15, -0.1) is 0 Å². The smallest absolute Gasteiger partial charge is 0.0717 e. The molecule has 11 heavy (non-hydrogen) atoms. The number of rotatable bonds is 1. The average Bonchev–Trinajstić information content (AvgIpc) is 1.85. The number of benzene rings is 1. The summed E-state index contributed by atoms with van der Waals surface area (Å²) in [5.41, 5.74) is 2.09. The molecule has 0 aromatic heterocycles. The highest BCUT2D eigenvalue weighted by molar-refractivity contribution is 5.87. The molecule has 0 bridgehead atoms. The lowest BCUT2D eigenvalue weighted by atomic mass is 10.1. The van der Waals surface area contributed by atoms with Gasteiger partial charge in [0.1, 0.15) is 0 Å². The summed E-state index contributed by atoms with van der Waals surface area (Å²) in [4.78, 5) is 10.4. The minimum atomic E-state index is -1.11. The summed E-state index contributed by atoms with van der Waals surface area (Å²) in [6, 6.07) is 5.16. The highest BCUT2D eigenvalue weighted by Crippen LogP contribution is 2.08. The number of hydrogen-bond acceptors (Lipinski definition) is 2. The second kappa shape index (κ2) is 2.74. The van der Waals surface area contributed by atoms with Gasteiger partial charge in [0.25, 0.3) is 0 Å². The Morgan fingerprint density at radius 2 is 2.00 bits per heavy atom. The number of carboxylic acids is 1. The summed E-state index contributed by atoms with van der Waals surface area (Å²) in [6.07, 6.45) is 0. The van der Waals surface area contributed by atoms with E-state index in [2.05, 4.69) is 0 Å². The molecule has 1 rings (SSSR count). The molecule has 58 valence electrons. The van der Waals surface area contributed by atoms with Crippen LogP contribution in [0.2, 0.25) is 0 Å². The normalized spacial score (nSPS) is 9.64. The largest absolute Gasteiger partial charge is 0.545 e. The zero-order chi connectivity index (χ0) is 8.43. The quantitative estimate of drug-likeness (QED) is 0.588. The van der Waals surface area contributed by atoms with Crippen LogP contribution in [0.5, 0.6) is 0 Å². The first-order valence-electron chi connectivity index (χ1n) is 3.40. The lowest BCUT2D eigenvalue weighted by Gasteiger charge is -2.06. The van der Waals surface area contributed by atoms with E-state index in [9.17, 15) is 9.90 Å². The maximum Gasteiger partial charge on any atom is 0.0717 e. The third kappa shape index (κ3) is 1.58. The number of carbonyl (C=O) groups excluding carboxylic acids is 1. The molecule has 0 fully saturated rings. The van der Waals surface area contributed by atoms with Crippen molar-refractivity contribution >= 4 is 5.97 Å². The van der Waals surface area contributed by atoms with E-state index >= 15 is 0 Å². The Morgan fingerprint density at radius 1 is 1.36 bits per heavy atom. The maximum atomic E-state index is 10.4. The Bertz CT molecular complexity index is 290. The van der Waals surface area contributed by atoms with Crippen LogP contribution in [0.25, 0.3) is 0 Å². The van der Waals surface area contributed by atoms with Gasteiger partial charge in [0.2, 0.25) is 0 Å². The summed E-state index contributed by atoms with van der Waals surface area (Å²) in [7, 11) is 0. The SMILES string of the molecule is Cc1ccc(C(=O)[O-])c(C)c1. The van der Waals surface area contributed by atoms with Crippen LogP contribution >= 0.6 is 0 Å². The monoisotopic (exact) mass is 149 g/mol. The van der Waals surface area contributed by atoms with E-state index in [0.717, 1.165) is 11.1 Å². The first-order chi connectivity index (χ1) is 5.11. The van der Waals surface area contributed by atoms with Gasteiger partial charge < -0.3 is 9.90 Å². The minimum Gasteiger partial charge on any atom is -0.545 e. The molecule has 0 saturated heterocycles. The van der Waals surface area contributed by atoms with Gasteiger partial charge in [-0.05, 0) is 19.4 Å². The molecule has 0 radical (unpaired) electrons. The number of carboxylic acid groups (broad SMARTS) is 1. The van der Waals surface area contributed by atoms with Crippen molar-refractivity contribution in [3.05, 3.63) is 34.9 Å². The van der Waals surface area contributed by atoms with Crippen molar-refractivity contribution in [3.8, 4) is 0 Å². The fourth-order valence-corrected chi connectivity index (χ4v) is 1.04. The van der Waals surface area contributed by atoms with Gasteiger partial charge in [0.15, 0.2) is 0 Å². The van der Waals surface area contributed by atoms with E-state index in [1.165, 1.54) is 0 Å². The zero-order valence-electron chi connectivity index (χ0n) is 6.55. The molecular weight excluding hydrogens is 140 g/mol. The van der Waals surface area contributed by atoms with Crippen LogP contribution in [0.3, 0.4) is 0 Å². The summed E-state index contributed by atoms with van der Waals surface area (Å²) < 4.78 is 0. The second-order valence-electron chi connectivity index (χ2n) is 2.61. The van der Waals surface area contributed by atoms with Crippen LogP contribution in [0.1, 0.15) is 21.5 Å². The fourth-order valence-electron chi connectivity index (χ4n) is 1.04. The van der Waals surface area contributed by atoms with Crippen LogP contribution in [-0.4, -0.2) is 5.97 Å². The topological polar surface area (TPSA) is 40.1 Å². The number of aromatic carboxylic acids is 1. The maximum absolute atomic E-state index is 10.4. The van der Waals surface area contributed by atoms with Crippen molar-refractivity contribution < 1.29 is 9.90 Å². The first kappa shape index (κ1) is 7.79. The Labute approximate surface area is 65.5 Å². The van der Waals surface area contributed by atoms with Crippen LogP contribution in [0.4, 0.5) is 0 Å². The van der Waals surface area contributed by atoms with E-state index in [1.54, 1.807) is 19.1 Å². The molecule has 0 heterocycles. The lowest BCUT2D eigenvalue weighted by molar-refractivity contribution is -0.255. The molecular formula is C9H9O2-. The van der Waals surface area contributed by atoms with E-state index in [-0.39, 0.29) is 5.56 Å². The number of carbonyl (C=O) groups is 1. The standard InChI is InChI=1S/C9H10O2/c1-6-3-4-8(9(10)11)7(2)5-6/h3-5H,1-2H3,(H,10,11)/p-1. The predicted octanol–water partition coefficient (Wildman–Crippen LogP) is 0.667. The van der Waals surface area contributed by atoms with E-state index in [4.69, 9.17) is 0 Å². The lowest BCUT2D eigenvalue weighted by Crippen LogP contribution is -2.23. The van der Waals surface area contributed by atoms with E-state index < -0.39 is 5.97 Å². The Morgan fingerprint density at radius 3 is 2.45 bits per heavy atom. The molecule has 0 aliphatic heterocycles. The van der Waals surface area contributed by atoms with E-state index in [0.29, 0.717) is 0 Å². The van der Waals surface area contributed by atoms with Crippen molar-refractivity contribution in [1.82, 2.24) is 0 Å². The molecule has 2 heteroatoms. The second-order valence-corrected chi connectivity index (χ2v) is 2.61. The zero-order valence-corrected chi connectivity index (χ0v) is 6.55. The summed E-state index contributed by atoms with van der Waals surface area (Å²) in [5, 5.41) is 10.4. The molecule has 1 aromatic rings. The van der Waals surface area contributed by atoms with Crippen molar-refractivity contribution in [3.63, 3.8) is 0 Å². The molecule has 1 aromatic carbocycles. The number of aryl methyl sites for hydroxylation is 2. The molecule has 0 aliphatic carbocycles. The van der Waals surface area contributed by atoms with Gasteiger partial charge >= 0.3 is 0 Å². The molecule has 0 unspecified atom stereocenters. The first-order valence-corrected chi connectivity index (χ1v) is 3.40. The van der Waals surface area contributed by atoms with Crippen LogP contribution in [0.15, 0.2) is 18.2 Å². The summed E-state index contributed by atoms with van der Waals surface area (Å²) in [6.45, 7) is 3.68. The van der Waals surface area contributed by atoms with Gasteiger partial charge in [0.05, 0.1) is 5.97 Å². The number of hydrogen-bond donors (Lipinski definition) is 0. The van der Waals surface area contributed by atoms with Gasteiger partial charge in [0, 0.05) is 5.56 Å². The predicted molar refractivity (Wildman–Crippen MR) is 40.2 cm³/mol. The van der Waals surface area contributed by atoms with Crippen LogP contribution in [0, 0.1) is 13.8 Å². The van der Waals surface area contributed by atoms with Crippen molar-refractivity contribution in [1.29, 1.82) is 0 Å². The Kier molecular flexibility index (Phi) is 1.94. The average molecular weight is 149 g/mol. The molecule has 0 saturated carbocycles. The van der Waals surface area contributed by atoms with Gasteiger partial charge in [-0.25, -0.2) is 0 Å². The summed E-state index contributed by atoms with van der Waals surface area (Å²) in [5.74, 6) is -1.11. The van der Waals surface area contributed by atoms with Crippen molar-refractivity contribution in [2.24, 2.45) is 0 Å². The van der Waals surface area contributed by atoms with Crippen LogP contribution < -0.4 is 5.11 Å². The van der Waals surface area contributed by atoms with Gasteiger partial charge in [-0.2, -0.15) is 0 Å². The van der Waals surface area contributed by atoms with Crippen LogP contribution in [-0.2, 0) is 0 Å². The van der Waals surface area contributed by atoms with Gasteiger partial charge in [-0.3, -0.25) is 0 Å². The highest BCUT2D eigenvalue weighted by Gasteiger charge is 1.97. The third-order valence-electron chi connectivity index (χ3n) is 1.60. The Balaban J connectivity index is 3.20. The molecule has 2 nitrogen and oxygen atoms in total. The molecule has 0 N–H and O–H groups in total. The molecule has 0 spiro atoms. The molecule has 0 aliphatic rings. The molecule has 0 amide bonds. The minimum absolute atomic E-state index is 0.274. The van der Waals surface area contributed by atoms with Crippen molar-refractivity contribution in [2.75, 3.05) is 0 Å². The van der Waals surface area contributed by atoms with Crippen molar-refractivity contribution in [2.45, 2.75) is 13.8 Å². The van der Waals surface area contributed by atoms with Gasteiger partial charge in [-0.1, -0.05) is 23.8 Å². The summed E-state index contributed by atoms with van der Waals surface area (Å²) >= 11 is 0. The Hall–Kier alpha value is -1.31. The highest BCUT2D eigenvalue weighted by atomic mass is 16.4. The fraction of sp³-hybridized carbons (Fsp3) is 0.222. The third-order valence-corrected chi connectivity index (χ3v) is 1.60.